The molecule has 75 valence electrons. The zero-order valence-electron chi connectivity index (χ0n) is 8.56. The van der Waals surface area contributed by atoms with Crippen molar-refractivity contribution in [2.45, 2.75) is 0 Å². The van der Waals surface area contributed by atoms with Crippen LogP contribution in [0.1, 0.15) is 5.56 Å². The summed E-state index contributed by atoms with van der Waals surface area (Å²) in [6.07, 6.45) is 2.01. The van der Waals surface area contributed by atoms with Crippen molar-refractivity contribution < 1.29 is 0 Å². The molecule has 0 bridgehead atoms. The summed E-state index contributed by atoms with van der Waals surface area (Å²) in [6, 6.07) is 18.8. The molecule has 1 radical (unpaired) electrons. The molecule has 0 saturated carbocycles. The molecule has 1 nitrogen and oxygen atoms in total. The Balaban J connectivity index is 2.24. The van der Waals surface area contributed by atoms with Crippen LogP contribution in [-0.4, -0.2) is 6.54 Å². The standard InChI is InChI=1S/C14H14N/c15-11-10-12-6-8-14(9-7-12)13-4-2-1-3-5-13/h1-10H,11,15H2. The van der Waals surface area contributed by atoms with E-state index in [2.05, 4.69) is 48.5 Å². The Kier molecular flexibility index (Phi) is 3.15. The summed E-state index contributed by atoms with van der Waals surface area (Å²) in [7, 11) is 0. The van der Waals surface area contributed by atoms with E-state index < -0.39 is 0 Å². The second-order valence-electron chi connectivity index (χ2n) is 3.43. The zero-order valence-corrected chi connectivity index (χ0v) is 8.56. The average molecular weight is 196 g/mol. The first-order valence-electron chi connectivity index (χ1n) is 5.09. The van der Waals surface area contributed by atoms with Gasteiger partial charge >= 0.3 is 0 Å². The predicted octanol–water partition coefficient (Wildman–Crippen LogP) is 2.86. The third-order valence-electron chi connectivity index (χ3n) is 2.37. The largest absolute Gasteiger partial charge is 0.330 e. The molecular formula is C14H14N. The third-order valence-corrected chi connectivity index (χ3v) is 2.37. The van der Waals surface area contributed by atoms with Crippen LogP contribution >= 0.6 is 0 Å². The van der Waals surface area contributed by atoms with Gasteiger partial charge in [0.05, 0.1) is 0 Å². The first-order chi connectivity index (χ1) is 7.40. The van der Waals surface area contributed by atoms with Gasteiger partial charge in [0.25, 0.3) is 0 Å². The van der Waals surface area contributed by atoms with Crippen molar-refractivity contribution in [3.05, 3.63) is 66.6 Å². The van der Waals surface area contributed by atoms with Crippen LogP contribution < -0.4 is 5.73 Å². The molecule has 0 heterocycles. The fraction of sp³-hybridized carbons (Fsp3) is 0.0714. The molecular weight excluding hydrogens is 182 g/mol. The van der Waals surface area contributed by atoms with Gasteiger partial charge in [0, 0.05) is 6.42 Å². The normalized spacial score (nSPS) is 10.2. The van der Waals surface area contributed by atoms with Gasteiger partial charge in [0.15, 0.2) is 0 Å². The molecule has 2 N–H and O–H groups in total. The Morgan fingerprint density at radius 1 is 0.800 bits per heavy atom. The molecule has 0 aliphatic heterocycles. The number of nitrogens with two attached hydrogens (primary N) is 1. The summed E-state index contributed by atoms with van der Waals surface area (Å²) >= 11 is 0. The molecule has 0 aliphatic rings. The molecule has 0 aromatic heterocycles. The minimum atomic E-state index is 0.588. The van der Waals surface area contributed by atoms with Crippen LogP contribution in [0.25, 0.3) is 11.1 Å². The fourth-order valence-corrected chi connectivity index (χ4v) is 1.58. The quantitative estimate of drug-likeness (QED) is 0.802. The molecule has 0 saturated heterocycles. The van der Waals surface area contributed by atoms with Gasteiger partial charge in [-0.2, -0.15) is 0 Å². The Hall–Kier alpha value is -1.60. The molecule has 0 aliphatic carbocycles. The van der Waals surface area contributed by atoms with Crippen molar-refractivity contribution >= 4 is 0 Å². The van der Waals surface area contributed by atoms with Crippen LogP contribution in [0.4, 0.5) is 0 Å². The van der Waals surface area contributed by atoms with Crippen LogP contribution in [0.2, 0.25) is 0 Å². The second kappa shape index (κ2) is 4.76. The van der Waals surface area contributed by atoms with E-state index in [1.54, 1.807) is 0 Å². The van der Waals surface area contributed by atoms with Gasteiger partial charge < -0.3 is 5.73 Å². The molecule has 2 rings (SSSR count). The van der Waals surface area contributed by atoms with Gasteiger partial charge in [-0.3, -0.25) is 0 Å². The Labute approximate surface area is 90.6 Å². The van der Waals surface area contributed by atoms with Crippen LogP contribution in [0.5, 0.6) is 0 Å². The molecule has 0 unspecified atom stereocenters. The number of rotatable bonds is 3. The van der Waals surface area contributed by atoms with Crippen LogP contribution in [0, 0.1) is 6.42 Å². The van der Waals surface area contributed by atoms with Crippen molar-refractivity contribution in [3.63, 3.8) is 0 Å². The maximum Gasteiger partial charge on any atom is 0.00420 e. The highest BCUT2D eigenvalue weighted by Gasteiger charge is 1.96. The topological polar surface area (TPSA) is 26.0 Å². The zero-order chi connectivity index (χ0) is 10.5. The number of hydrogen-bond donors (Lipinski definition) is 1. The summed E-state index contributed by atoms with van der Waals surface area (Å²) in [5, 5.41) is 0. The lowest BCUT2D eigenvalue weighted by Crippen LogP contribution is -1.99. The first kappa shape index (κ1) is 9.94. The van der Waals surface area contributed by atoms with Crippen LogP contribution in [0.15, 0.2) is 54.6 Å². The smallest absolute Gasteiger partial charge is 0.00420 e. The van der Waals surface area contributed by atoms with Crippen LogP contribution in [-0.2, 0) is 0 Å². The molecule has 15 heavy (non-hydrogen) atoms. The van der Waals surface area contributed by atoms with Gasteiger partial charge in [-0.1, -0.05) is 54.6 Å². The lowest BCUT2D eigenvalue weighted by atomic mass is 10.0. The van der Waals surface area contributed by atoms with Gasteiger partial charge in [-0.25, -0.2) is 0 Å². The highest BCUT2D eigenvalue weighted by molar-refractivity contribution is 5.63. The highest BCUT2D eigenvalue weighted by atomic mass is 14.5. The summed E-state index contributed by atoms with van der Waals surface area (Å²) < 4.78 is 0. The first-order valence-corrected chi connectivity index (χ1v) is 5.09. The van der Waals surface area contributed by atoms with Crippen molar-refractivity contribution in [3.8, 4) is 11.1 Å². The van der Waals surface area contributed by atoms with Crippen LogP contribution in [0.3, 0.4) is 0 Å². The van der Waals surface area contributed by atoms with Gasteiger partial charge in [-0.15, -0.1) is 0 Å². The van der Waals surface area contributed by atoms with E-state index >= 15 is 0 Å². The Bertz CT molecular complexity index is 403. The summed E-state index contributed by atoms with van der Waals surface area (Å²) in [5.74, 6) is 0. The molecule has 0 amide bonds. The van der Waals surface area contributed by atoms with Crippen molar-refractivity contribution in [1.82, 2.24) is 0 Å². The molecule has 0 spiro atoms. The van der Waals surface area contributed by atoms with Crippen molar-refractivity contribution in [1.29, 1.82) is 0 Å². The summed E-state index contributed by atoms with van der Waals surface area (Å²) in [4.78, 5) is 0. The van der Waals surface area contributed by atoms with E-state index in [1.165, 1.54) is 16.7 Å². The van der Waals surface area contributed by atoms with E-state index in [0.717, 1.165) is 0 Å². The third kappa shape index (κ3) is 2.45. The lowest BCUT2D eigenvalue weighted by molar-refractivity contribution is 1.16. The molecule has 2 aromatic rings. The van der Waals surface area contributed by atoms with Crippen molar-refractivity contribution in [2.24, 2.45) is 5.73 Å². The summed E-state index contributed by atoms with van der Waals surface area (Å²) in [6.45, 7) is 0.588. The lowest BCUT2D eigenvalue weighted by Gasteiger charge is -2.03. The maximum absolute atomic E-state index is 5.45. The molecule has 0 fully saturated rings. The average Bonchev–Trinajstić information content (AvgIpc) is 2.32. The van der Waals surface area contributed by atoms with E-state index in [9.17, 15) is 0 Å². The monoisotopic (exact) mass is 196 g/mol. The van der Waals surface area contributed by atoms with E-state index in [1.807, 2.05) is 12.5 Å². The fourth-order valence-electron chi connectivity index (χ4n) is 1.58. The SMILES string of the molecule is NC[CH]c1ccc(-c2ccccc2)cc1. The summed E-state index contributed by atoms with van der Waals surface area (Å²) in [5.41, 5.74) is 9.12. The van der Waals surface area contributed by atoms with Gasteiger partial charge in [-0.05, 0) is 23.2 Å². The van der Waals surface area contributed by atoms with E-state index in [0.29, 0.717) is 6.54 Å². The van der Waals surface area contributed by atoms with E-state index in [4.69, 9.17) is 5.73 Å². The maximum atomic E-state index is 5.45. The van der Waals surface area contributed by atoms with Gasteiger partial charge in [0.1, 0.15) is 0 Å². The van der Waals surface area contributed by atoms with Crippen molar-refractivity contribution in [2.75, 3.05) is 6.54 Å². The number of hydrogen-bond acceptors (Lipinski definition) is 1. The van der Waals surface area contributed by atoms with Gasteiger partial charge in [0.2, 0.25) is 0 Å². The van der Waals surface area contributed by atoms with E-state index in [-0.39, 0.29) is 0 Å². The molecule has 2 aromatic carbocycles. The highest BCUT2D eigenvalue weighted by Crippen LogP contribution is 2.19. The second-order valence-corrected chi connectivity index (χ2v) is 3.43. The predicted molar refractivity (Wildman–Crippen MR) is 64.3 cm³/mol. The minimum absolute atomic E-state index is 0.588. The minimum Gasteiger partial charge on any atom is -0.330 e. The Morgan fingerprint density at radius 3 is 2.00 bits per heavy atom. The number of benzene rings is 2. The molecule has 1 heteroatoms. The Morgan fingerprint density at radius 2 is 1.40 bits per heavy atom. The molecule has 0 atom stereocenters.